The summed E-state index contributed by atoms with van der Waals surface area (Å²) in [4.78, 5) is 24.7. The Morgan fingerprint density at radius 2 is 1.96 bits per heavy atom. The summed E-state index contributed by atoms with van der Waals surface area (Å²) in [5.74, 6) is -0.344. The van der Waals surface area contributed by atoms with Crippen molar-refractivity contribution in [3.63, 3.8) is 0 Å². The first-order chi connectivity index (χ1) is 11.4. The van der Waals surface area contributed by atoms with Crippen molar-refractivity contribution in [2.75, 3.05) is 6.54 Å². The third-order valence-electron chi connectivity index (χ3n) is 4.48. The summed E-state index contributed by atoms with van der Waals surface area (Å²) in [6, 6.07) is 4.21. The SMILES string of the molecule is CC(NC(=O)c1cccc(Cl)c1Cl)C(=O)NC1CCCCC1CN.Cl. The molecule has 8 heteroatoms. The second kappa shape index (κ2) is 10.2. The van der Waals surface area contributed by atoms with E-state index in [1.165, 1.54) is 0 Å². The minimum atomic E-state index is -0.673. The van der Waals surface area contributed by atoms with Crippen LogP contribution in [0.5, 0.6) is 0 Å². The van der Waals surface area contributed by atoms with Gasteiger partial charge in [-0.15, -0.1) is 12.4 Å². The molecule has 3 unspecified atom stereocenters. The number of carbonyl (C=O) groups is 2. The molecule has 5 nitrogen and oxygen atoms in total. The highest BCUT2D eigenvalue weighted by atomic mass is 35.5. The fraction of sp³-hybridized carbons (Fsp3) is 0.529. The van der Waals surface area contributed by atoms with Gasteiger partial charge in [0.15, 0.2) is 0 Å². The van der Waals surface area contributed by atoms with Gasteiger partial charge in [-0.1, -0.05) is 42.1 Å². The highest BCUT2D eigenvalue weighted by molar-refractivity contribution is 6.43. The number of carbonyl (C=O) groups excluding carboxylic acids is 2. The van der Waals surface area contributed by atoms with Gasteiger partial charge in [0, 0.05) is 6.04 Å². The summed E-state index contributed by atoms with van der Waals surface area (Å²) in [6.45, 7) is 2.20. The van der Waals surface area contributed by atoms with Crippen molar-refractivity contribution in [3.8, 4) is 0 Å². The first-order valence-corrected chi connectivity index (χ1v) is 8.95. The fourth-order valence-electron chi connectivity index (χ4n) is 3.01. The minimum absolute atomic E-state index is 0. The molecule has 1 aromatic rings. The average Bonchev–Trinajstić information content (AvgIpc) is 2.57. The molecule has 1 aromatic carbocycles. The molecule has 0 saturated heterocycles. The van der Waals surface area contributed by atoms with Gasteiger partial charge in [0.1, 0.15) is 6.04 Å². The molecule has 25 heavy (non-hydrogen) atoms. The largest absolute Gasteiger partial charge is 0.351 e. The van der Waals surface area contributed by atoms with Crippen molar-refractivity contribution in [2.24, 2.45) is 11.7 Å². The van der Waals surface area contributed by atoms with Crippen LogP contribution in [0.15, 0.2) is 18.2 Å². The summed E-state index contributed by atoms with van der Waals surface area (Å²) in [7, 11) is 0. The number of hydrogen-bond donors (Lipinski definition) is 3. The van der Waals surface area contributed by atoms with Gasteiger partial charge >= 0.3 is 0 Å². The summed E-state index contributed by atoms with van der Waals surface area (Å²) in [5.41, 5.74) is 6.04. The number of hydrogen-bond acceptors (Lipinski definition) is 3. The van der Waals surface area contributed by atoms with Crippen LogP contribution in [0.4, 0.5) is 0 Å². The van der Waals surface area contributed by atoms with Crippen LogP contribution >= 0.6 is 35.6 Å². The molecule has 0 radical (unpaired) electrons. The number of amides is 2. The van der Waals surface area contributed by atoms with Crippen LogP contribution in [0.1, 0.15) is 43.0 Å². The van der Waals surface area contributed by atoms with Crippen LogP contribution in [-0.2, 0) is 4.79 Å². The zero-order valence-electron chi connectivity index (χ0n) is 14.1. The predicted molar refractivity (Wildman–Crippen MR) is 104 cm³/mol. The lowest BCUT2D eigenvalue weighted by Crippen LogP contribution is -2.51. The van der Waals surface area contributed by atoms with E-state index in [0.29, 0.717) is 17.5 Å². The third-order valence-corrected chi connectivity index (χ3v) is 5.30. The molecule has 0 heterocycles. The molecule has 0 aliphatic heterocycles. The lowest BCUT2D eigenvalue weighted by atomic mass is 9.84. The maximum atomic E-state index is 12.4. The van der Waals surface area contributed by atoms with Gasteiger partial charge in [0.2, 0.25) is 5.91 Å². The molecule has 140 valence electrons. The maximum Gasteiger partial charge on any atom is 0.253 e. The second-order valence-corrected chi connectivity index (χ2v) is 6.98. The smallest absolute Gasteiger partial charge is 0.253 e. The van der Waals surface area contributed by atoms with Crippen molar-refractivity contribution in [1.29, 1.82) is 0 Å². The zero-order chi connectivity index (χ0) is 17.7. The first-order valence-electron chi connectivity index (χ1n) is 8.19. The van der Waals surface area contributed by atoms with Gasteiger partial charge in [-0.3, -0.25) is 9.59 Å². The van der Waals surface area contributed by atoms with E-state index < -0.39 is 11.9 Å². The zero-order valence-corrected chi connectivity index (χ0v) is 16.4. The van der Waals surface area contributed by atoms with Crippen LogP contribution in [0.3, 0.4) is 0 Å². The Morgan fingerprint density at radius 1 is 1.28 bits per heavy atom. The second-order valence-electron chi connectivity index (χ2n) is 6.19. The Bertz CT molecular complexity index is 613. The molecule has 2 amide bonds. The summed E-state index contributed by atoms with van der Waals surface area (Å²) >= 11 is 12.0. The van der Waals surface area contributed by atoms with Crippen molar-refractivity contribution in [3.05, 3.63) is 33.8 Å². The number of rotatable bonds is 5. The first kappa shape index (κ1) is 22.0. The Labute approximate surface area is 164 Å². The van der Waals surface area contributed by atoms with Gasteiger partial charge in [0.05, 0.1) is 15.6 Å². The van der Waals surface area contributed by atoms with Crippen LogP contribution in [0.2, 0.25) is 10.0 Å². The molecule has 2 rings (SSSR count). The highest BCUT2D eigenvalue weighted by Crippen LogP contribution is 2.26. The summed E-state index contributed by atoms with van der Waals surface area (Å²) in [6.07, 6.45) is 4.18. The Morgan fingerprint density at radius 3 is 2.64 bits per heavy atom. The molecule has 0 spiro atoms. The van der Waals surface area contributed by atoms with Crippen molar-refractivity contribution in [1.82, 2.24) is 10.6 Å². The predicted octanol–water partition coefficient (Wildman–Crippen LogP) is 3.17. The van der Waals surface area contributed by atoms with E-state index in [1.54, 1.807) is 25.1 Å². The van der Waals surface area contributed by atoms with E-state index in [1.807, 2.05) is 0 Å². The monoisotopic (exact) mass is 407 g/mol. The molecule has 0 bridgehead atoms. The molecule has 1 aliphatic rings. The van der Waals surface area contributed by atoms with Gasteiger partial charge in [0.25, 0.3) is 5.91 Å². The number of benzene rings is 1. The van der Waals surface area contributed by atoms with Gasteiger partial charge < -0.3 is 16.4 Å². The number of nitrogens with two attached hydrogens (primary N) is 1. The van der Waals surface area contributed by atoms with Gasteiger partial charge in [-0.2, -0.15) is 0 Å². The summed E-state index contributed by atoms with van der Waals surface area (Å²) in [5, 5.41) is 6.15. The van der Waals surface area contributed by atoms with Crippen LogP contribution in [0.25, 0.3) is 0 Å². The molecular weight excluding hydrogens is 385 g/mol. The van der Waals surface area contributed by atoms with Gasteiger partial charge in [-0.05, 0) is 44.4 Å². The van der Waals surface area contributed by atoms with Gasteiger partial charge in [-0.25, -0.2) is 0 Å². The Kier molecular flexibility index (Phi) is 9.00. The molecule has 3 atom stereocenters. The lowest BCUT2D eigenvalue weighted by Gasteiger charge is -2.32. The molecule has 1 aliphatic carbocycles. The van der Waals surface area contributed by atoms with E-state index in [4.69, 9.17) is 28.9 Å². The topological polar surface area (TPSA) is 84.2 Å². The van der Waals surface area contributed by atoms with E-state index in [-0.39, 0.29) is 34.9 Å². The minimum Gasteiger partial charge on any atom is -0.351 e. The molecule has 0 aromatic heterocycles. The molecule has 1 fully saturated rings. The molecular formula is C17H24Cl3N3O2. The number of halogens is 3. The standard InChI is InChI=1S/C17H23Cl2N3O2.ClH/c1-10(16(23)22-14-8-3-2-5-11(14)9-20)21-17(24)12-6-4-7-13(18)15(12)19;/h4,6-7,10-11,14H,2-3,5,8-9,20H2,1H3,(H,21,24)(H,22,23);1H. The summed E-state index contributed by atoms with van der Waals surface area (Å²) < 4.78 is 0. The molecule has 4 N–H and O–H groups in total. The normalized spacial score (nSPS) is 21.0. The van der Waals surface area contributed by atoms with E-state index in [2.05, 4.69) is 10.6 Å². The Balaban J connectivity index is 0.00000312. The number of nitrogens with one attached hydrogen (secondary N) is 2. The van der Waals surface area contributed by atoms with E-state index >= 15 is 0 Å². The van der Waals surface area contributed by atoms with Crippen LogP contribution in [-0.4, -0.2) is 30.4 Å². The fourth-order valence-corrected chi connectivity index (χ4v) is 3.39. The maximum absolute atomic E-state index is 12.4. The van der Waals surface area contributed by atoms with E-state index in [0.717, 1.165) is 25.7 Å². The third kappa shape index (κ3) is 5.74. The lowest BCUT2D eigenvalue weighted by molar-refractivity contribution is -0.123. The Hall–Kier alpha value is -1.01. The quantitative estimate of drug-likeness (QED) is 0.699. The van der Waals surface area contributed by atoms with Crippen molar-refractivity contribution < 1.29 is 9.59 Å². The van der Waals surface area contributed by atoms with E-state index in [9.17, 15) is 9.59 Å². The molecule has 1 saturated carbocycles. The van der Waals surface area contributed by atoms with Crippen LogP contribution in [0, 0.1) is 5.92 Å². The average molecular weight is 409 g/mol. The highest BCUT2D eigenvalue weighted by Gasteiger charge is 2.27. The van der Waals surface area contributed by atoms with Crippen molar-refractivity contribution in [2.45, 2.75) is 44.7 Å². The van der Waals surface area contributed by atoms with Crippen molar-refractivity contribution >= 4 is 47.4 Å². The van der Waals surface area contributed by atoms with Crippen LogP contribution < -0.4 is 16.4 Å².